The van der Waals surface area contributed by atoms with Crippen LogP contribution in [0.4, 0.5) is 10.1 Å². The van der Waals surface area contributed by atoms with Crippen LogP contribution in [-0.4, -0.2) is 13.1 Å². The van der Waals surface area contributed by atoms with Crippen LogP contribution in [0, 0.1) is 5.82 Å². The van der Waals surface area contributed by atoms with Crippen molar-refractivity contribution < 1.29 is 13.9 Å². The van der Waals surface area contributed by atoms with Gasteiger partial charge in [-0.05, 0) is 30.3 Å². The predicted molar refractivity (Wildman–Crippen MR) is 83.9 cm³/mol. The second-order valence-corrected chi connectivity index (χ2v) is 5.63. The standard InChI is InChI=1S/C15H12BrClFNO2/c1-21-15(20)14(12-6-5-10(17)8-13(12)18)19-11-4-2-3-9(16)7-11/h2-8,14,19H,1H3. The largest absolute Gasteiger partial charge is 0.467 e. The first kappa shape index (κ1) is 15.8. The summed E-state index contributed by atoms with van der Waals surface area (Å²) in [7, 11) is 1.26. The molecule has 110 valence electrons. The molecule has 0 aromatic heterocycles. The van der Waals surface area contributed by atoms with Crippen molar-refractivity contribution in [3.63, 3.8) is 0 Å². The van der Waals surface area contributed by atoms with Gasteiger partial charge in [0.05, 0.1) is 7.11 Å². The lowest BCUT2D eigenvalue weighted by molar-refractivity contribution is -0.141. The van der Waals surface area contributed by atoms with E-state index in [0.717, 1.165) is 10.5 Å². The van der Waals surface area contributed by atoms with Crippen molar-refractivity contribution in [1.82, 2.24) is 0 Å². The molecule has 0 saturated heterocycles. The summed E-state index contributed by atoms with van der Waals surface area (Å²) >= 11 is 9.07. The van der Waals surface area contributed by atoms with E-state index in [2.05, 4.69) is 21.2 Å². The molecule has 0 aliphatic rings. The number of methoxy groups -OCH3 is 1. The number of benzene rings is 2. The zero-order valence-electron chi connectivity index (χ0n) is 11.1. The molecule has 21 heavy (non-hydrogen) atoms. The molecule has 0 heterocycles. The number of esters is 1. The van der Waals surface area contributed by atoms with Crippen molar-refractivity contribution in [3.05, 3.63) is 63.3 Å². The summed E-state index contributed by atoms with van der Waals surface area (Å²) in [5, 5.41) is 3.23. The molecule has 2 aromatic rings. The lowest BCUT2D eigenvalue weighted by Crippen LogP contribution is -2.23. The summed E-state index contributed by atoms with van der Waals surface area (Å²) in [4.78, 5) is 11.9. The molecular weight excluding hydrogens is 361 g/mol. The molecule has 2 aromatic carbocycles. The summed E-state index contributed by atoms with van der Waals surface area (Å²) in [6.45, 7) is 0. The molecule has 0 fully saturated rings. The number of carbonyl (C=O) groups excluding carboxylic acids is 1. The molecule has 0 bridgehead atoms. The fraction of sp³-hybridized carbons (Fsp3) is 0.133. The van der Waals surface area contributed by atoms with E-state index in [9.17, 15) is 9.18 Å². The summed E-state index contributed by atoms with van der Waals surface area (Å²) < 4.78 is 19.6. The van der Waals surface area contributed by atoms with Crippen LogP contribution in [0.2, 0.25) is 5.02 Å². The minimum atomic E-state index is -0.957. The van der Waals surface area contributed by atoms with Crippen LogP contribution in [0.15, 0.2) is 46.9 Å². The van der Waals surface area contributed by atoms with Crippen LogP contribution >= 0.6 is 27.5 Å². The Bertz CT molecular complexity index is 666. The first-order chi connectivity index (χ1) is 10.0. The third-order valence-electron chi connectivity index (χ3n) is 2.85. The van der Waals surface area contributed by atoms with Gasteiger partial charge in [0.25, 0.3) is 0 Å². The van der Waals surface area contributed by atoms with Crippen molar-refractivity contribution in [2.75, 3.05) is 12.4 Å². The minimum Gasteiger partial charge on any atom is -0.467 e. The summed E-state index contributed by atoms with van der Waals surface area (Å²) in [5.74, 6) is -1.16. The van der Waals surface area contributed by atoms with Gasteiger partial charge in [-0.2, -0.15) is 0 Å². The molecule has 1 atom stereocenters. The second kappa shape index (κ2) is 6.91. The molecule has 0 saturated carbocycles. The second-order valence-electron chi connectivity index (χ2n) is 4.28. The topological polar surface area (TPSA) is 38.3 Å². The van der Waals surface area contributed by atoms with E-state index in [1.807, 2.05) is 6.07 Å². The Hall–Kier alpha value is -1.59. The van der Waals surface area contributed by atoms with Crippen molar-refractivity contribution in [2.45, 2.75) is 6.04 Å². The molecule has 2 rings (SSSR count). The van der Waals surface area contributed by atoms with E-state index in [-0.39, 0.29) is 10.6 Å². The Morgan fingerprint density at radius 3 is 2.71 bits per heavy atom. The van der Waals surface area contributed by atoms with Crippen molar-refractivity contribution in [3.8, 4) is 0 Å². The normalized spacial score (nSPS) is 11.8. The van der Waals surface area contributed by atoms with Gasteiger partial charge in [0.2, 0.25) is 0 Å². The molecule has 3 nitrogen and oxygen atoms in total. The van der Waals surface area contributed by atoms with Crippen molar-refractivity contribution in [2.24, 2.45) is 0 Å². The average Bonchev–Trinajstić information content (AvgIpc) is 2.45. The van der Waals surface area contributed by atoms with Gasteiger partial charge in [0, 0.05) is 20.7 Å². The van der Waals surface area contributed by atoms with Crippen LogP contribution in [0.5, 0.6) is 0 Å². The lowest BCUT2D eigenvalue weighted by atomic mass is 10.1. The zero-order valence-corrected chi connectivity index (χ0v) is 13.4. The van der Waals surface area contributed by atoms with E-state index >= 15 is 0 Å². The maximum Gasteiger partial charge on any atom is 0.333 e. The Balaban J connectivity index is 2.37. The van der Waals surface area contributed by atoms with E-state index in [0.29, 0.717) is 5.69 Å². The van der Waals surface area contributed by atoms with Crippen LogP contribution < -0.4 is 5.32 Å². The highest BCUT2D eigenvalue weighted by Crippen LogP contribution is 2.26. The van der Waals surface area contributed by atoms with E-state index in [4.69, 9.17) is 16.3 Å². The molecule has 0 amide bonds. The Morgan fingerprint density at radius 2 is 2.10 bits per heavy atom. The van der Waals surface area contributed by atoms with Crippen LogP contribution in [0.1, 0.15) is 11.6 Å². The average molecular weight is 373 g/mol. The molecule has 0 aliphatic carbocycles. The molecule has 1 unspecified atom stereocenters. The molecule has 0 spiro atoms. The third kappa shape index (κ3) is 3.95. The lowest BCUT2D eigenvalue weighted by Gasteiger charge is -2.19. The highest BCUT2D eigenvalue weighted by Gasteiger charge is 2.24. The van der Waals surface area contributed by atoms with E-state index in [1.165, 1.54) is 19.2 Å². The highest BCUT2D eigenvalue weighted by molar-refractivity contribution is 9.10. The SMILES string of the molecule is COC(=O)C(Nc1cccc(Br)c1)c1ccc(Cl)cc1F. The number of hydrogen-bond donors (Lipinski definition) is 1. The van der Waals surface area contributed by atoms with Gasteiger partial charge >= 0.3 is 5.97 Å². The summed E-state index contributed by atoms with van der Waals surface area (Å²) in [6.07, 6.45) is 0. The van der Waals surface area contributed by atoms with E-state index < -0.39 is 17.8 Å². The first-order valence-corrected chi connectivity index (χ1v) is 7.23. The zero-order chi connectivity index (χ0) is 15.4. The van der Waals surface area contributed by atoms with Gasteiger partial charge < -0.3 is 10.1 Å². The Labute approximate surface area is 135 Å². The Kier molecular flexibility index (Phi) is 5.20. The van der Waals surface area contributed by atoms with Gasteiger partial charge in [-0.25, -0.2) is 9.18 Å². The number of carbonyl (C=O) groups is 1. The fourth-order valence-corrected chi connectivity index (χ4v) is 2.42. The third-order valence-corrected chi connectivity index (χ3v) is 3.57. The molecule has 1 N–H and O–H groups in total. The molecule has 0 aliphatic heterocycles. The number of nitrogens with one attached hydrogen (secondary N) is 1. The summed E-state index contributed by atoms with van der Waals surface area (Å²) in [5.41, 5.74) is 0.834. The van der Waals surface area contributed by atoms with Gasteiger partial charge in [-0.3, -0.25) is 0 Å². The molecular formula is C15H12BrClFNO2. The highest BCUT2D eigenvalue weighted by atomic mass is 79.9. The van der Waals surface area contributed by atoms with Crippen molar-refractivity contribution >= 4 is 39.2 Å². The molecule has 6 heteroatoms. The number of anilines is 1. The Morgan fingerprint density at radius 1 is 1.33 bits per heavy atom. The smallest absolute Gasteiger partial charge is 0.333 e. The first-order valence-electron chi connectivity index (χ1n) is 6.06. The molecule has 0 radical (unpaired) electrons. The van der Waals surface area contributed by atoms with Gasteiger partial charge in [-0.15, -0.1) is 0 Å². The quantitative estimate of drug-likeness (QED) is 0.799. The number of hydrogen-bond acceptors (Lipinski definition) is 3. The number of ether oxygens (including phenoxy) is 1. The van der Waals surface area contributed by atoms with Crippen LogP contribution in [0.3, 0.4) is 0 Å². The van der Waals surface area contributed by atoms with Crippen LogP contribution in [-0.2, 0) is 9.53 Å². The summed E-state index contributed by atoms with van der Waals surface area (Å²) in [6, 6.07) is 10.4. The van der Waals surface area contributed by atoms with Gasteiger partial charge in [-0.1, -0.05) is 39.7 Å². The number of halogens is 3. The van der Waals surface area contributed by atoms with Gasteiger partial charge in [0.1, 0.15) is 5.82 Å². The van der Waals surface area contributed by atoms with E-state index in [1.54, 1.807) is 18.2 Å². The van der Waals surface area contributed by atoms with Crippen molar-refractivity contribution in [1.29, 1.82) is 0 Å². The number of rotatable bonds is 4. The van der Waals surface area contributed by atoms with Gasteiger partial charge in [0.15, 0.2) is 6.04 Å². The van der Waals surface area contributed by atoms with Crippen LogP contribution in [0.25, 0.3) is 0 Å². The maximum absolute atomic E-state index is 14.0. The monoisotopic (exact) mass is 371 g/mol. The maximum atomic E-state index is 14.0. The minimum absolute atomic E-state index is 0.172. The fourth-order valence-electron chi connectivity index (χ4n) is 1.86. The predicted octanol–water partition coefficient (Wildman–Crippen LogP) is 4.57.